The van der Waals surface area contributed by atoms with Gasteiger partial charge < -0.3 is 5.11 Å². The van der Waals surface area contributed by atoms with Crippen molar-refractivity contribution in [2.75, 3.05) is 13.1 Å². The Morgan fingerprint density at radius 1 is 1.40 bits per heavy atom. The molecule has 1 aromatic heterocycles. The third-order valence-corrected chi connectivity index (χ3v) is 4.96. The molecule has 20 heavy (non-hydrogen) atoms. The zero-order valence-electron chi connectivity index (χ0n) is 12.8. The molecule has 1 aliphatic carbocycles. The van der Waals surface area contributed by atoms with E-state index in [4.69, 9.17) is 0 Å². The maximum Gasteiger partial charge on any atom is 0.0897 e. The normalized spacial score (nSPS) is 18.6. The average Bonchev–Trinajstić information content (AvgIpc) is 2.84. The monoisotopic (exact) mass is 296 g/mol. The second kappa shape index (κ2) is 8.11. The smallest absolute Gasteiger partial charge is 0.0897 e. The zero-order chi connectivity index (χ0) is 14.4. The van der Waals surface area contributed by atoms with Crippen molar-refractivity contribution in [2.24, 2.45) is 0 Å². The predicted molar refractivity (Wildman–Crippen MR) is 85.3 cm³/mol. The molecule has 1 unspecified atom stereocenters. The van der Waals surface area contributed by atoms with Crippen molar-refractivity contribution in [1.29, 1.82) is 0 Å². The van der Waals surface area contributed by atoms with Crippen molar-refractivity contribution < 1.29 is 5.11 Å². The second-order valence-electron chi connectivity index (χ2n) is 6.10. The summed E-state index contributed by atoms with van der Waals surface area (Å²) in [6, 6.07) is 0.690. The van der Waals surface area contributed by atoms with Gasteiger partial charge in [0.25, 0.3) is 0 Å². The number of aryl methyl sites for hydroxylation is 2. The molecule has 1 aromatic rings. The van der Waals surface area contributed by atoms with E-state index in [1.807, 2.05) is 6.92 Å². The lowest BCUT2D eigenvalue weighted by molar-refractivity contribution is 0.0815. The molecule has 1 heterocycles. The maximum atomic E-state index is 9.72. The highest BCUT2D eigenvalue weighted by Crippen LogP contribution is 2.23. The van der Waals surface area contributed by atoms with Gasteiger partial charge >= 0.3 is 0 Å². The Hall–Kier alpha value is -0.450. The van der Waals surface area contributed by atoms with Crippen LogP contribution in [0.5, 0.6) is 0 Å². The molecular weight excluding hydrogens is 268 g/mol. The molecule has 4 heteroatoms. The number of nitrogens with zero attached hydrogens (tertiary/aromatic N) is 2. The Morgan fingerprint density at radius 3 is 2.75 bits per heavy atom. The van der Waals surface area contributed by atoms with Gasteiger partial charge in [0.2, 0.25) is 0 Å². The fraction of sp³-hybridized carbons (Fsp3) is 0.812. The van der Waals surface area contributed by atoms with E-state index in [-0.39, 0.29) is 6.10 Å². The first-order valence-corrected chi connectivity index (χ1v) is 8.86. The van der Waals surface area contributed by atoms with Gasteiger partial charge in [0, 0.05) is 18.0 Å². The van der Waals surface area contributed by atoms with Gasteiger partial charge in [-0.2, -0.15) is 0 Å². The molecule has 0 amide bonds. The molecule has 0 radical (unpaired) electrons. The Bertz CT molecular complexity index is 386. The molecule has 114 valence electrons. The zero-order valence-corrected chi connectivity index (χ0v) is 13.7. The van der Waals surface area contributed by atoms with Crippen LogP contribution in [0.15, 0.2) is 5.38 Å². The van der Waals surface area contributed by atoms with E-state index in [1.165, 1.54) is 37.8 Å². The van der Waals surface area contributed by atoms with Gasteiger partial charge in [-0.3, -0.25) is 4.90 Å². The lowest BCUT2D eigenvalue weighted by atomic mass is 9.93. The summed E-state index contributed by atoms with van der Waals surface area (Å²) in [7, 11) is 0. The van der Waals surface area contributed by atoms with Crippen molar-refractivity contribution in [3.8, 4) is 0 Å². The third kappa shape index (κ3) is 5.15. The summed E-state index contributed by atoms with van der Waals surface area (Å²) in [5.74, 6) is 0. The van der Waals surface area contributed by atoms with E-state index < -0.39 is 0 Å². The molecule has 2 rings (SSSR count). The van der Waals surface area contributed by atoms with Crippen molar-refractivity contribution in [3.05, 3.63) is 16.1 Å². The number of aliphatic hydroxyl groups is 1. The molecule has 0 spiro atoms. The highest BCUT2D eigenvalue weighted by Gasteiger charge is 2.21. The highest BCUT2D eigenvalue weighted by molar-refractivity contribution is 7.09. The highest BCUT2D eigenvalue weighted by atomic mass is 32.1. The van der Waals surface area contributed by atoms with Gasteiger partial charge in [-0.05, 0) is 46.1 Å². The van der Waals surface area contributed by atoms with Crippen LogP contribution in [0.2, 0.25) is 0 Å². The topological polar surface area (TPSA) is 36.4 Å². The average molecular weight is 296 g/mol. The fourth-order valence-electron chi connectivity index (χ4n) is 3.19. The van der Waals surface area contributed by atoms with Crippen LogP contribution in [-0.4, -0.2) is 40.2 Å². The maximum absolute atomic E-state index is 9.72. The summed E-state index contributed by atoms with van der Waals surface area (Å²) in [6.07, 6.45) is 8.69. The van der Waals surface area contributed by atoms with Crippen LogP contribution in [0.25, 0.3) is 0 Å². The Balaban J connectivity index is 1.80. The van der Waals surface area contributed by atoms with E-state index in [9.17, 15) is 5.11 Å². The minimum Gasteiger partial charge on any atom is -0.392 e. The third-order valence-electron chi connectivity index (χ3n) is 4.13. The van der Waals surface area contributed by atoms with Gasteiger partial charge in [-0.15, -0.1) is 11.3 Å². The summed E-state index contributed by atoms with van der Waals surface area (Å²) in [5.41, 5.74) is 1.23. The van der Waals surface area contributed by atoms with Gasteiger partial charge in [0.05, 0.1) is 16.8 Å². The Kier molecular flexibility index (Phi) is 6.46. The lowest BCUT2D eigenvalue weighted by Gasteiger charge is -2.35. The van der Waals surface area contributed by atoms with Crippen LogP contribution in [0.3, 0.4) is 0 Å². The van der Waals surface area contributed by atoms with Crippen molar-refractivity contribution >= 4 is 11.3 Å². The van der Waals surface area contributed by atoms with E-state index in [2.05, 4.69) is 22.2 Å². The number of thiazole rings is 1. The number of hydrogen-bond acceptors (Lipinski definition) is 4. The largest absolute Gasteiger partial charge is 0.392 e. The van der Waals surface area contributed by atoms with Crippen molar-refractivity contribution in [2.45, 2.75) is 70.9 Å². The quantitative estimate of drug-likeness (QED) is 0.838. The first-order chi connectivity index (χ1) is 9.65. The number of aliphatic hydroxyl groups excluding tert-OH is 1. The predicted octanol–water partition coefficient (Wildman–Crippen LogP) is 3.40. The Morgan fingerprint density at radius 2 is 2.15 bits per heavy atom. The Labute approximate surface area is 127 Å². The molecule has 1 N–H and O–H groups in total. The molecule has 1 saturated carbocycles. The van der Waals surface area contributed by atoms with Gasteiger partial charge in [0.1, 0.15) is 0 Å². The molecule has 1 aliphatic rings. The molecule has 1 fully saturated rings. The van der Waals surface area contributed by atoms with Crippen molar-refractivity contribution in [1.82, 2.24) is 9.88 Å². The minimum absolute atomic E-state index is 0.224. The molecule has 0 saturated heterocycles. The number of hydrogen-bond donors (Lipinski definition) is 1. The summed E-state index contributed by atoms with van der Waals surface area (Å²) >= 11 is 1.74. The van der Waals surface area contributed by atoms with E-state index in [1.54, 1.807) is 11.3 Å². The number of aromatic nitrogens is 1. The molecule has 1 atom stereocenters. The molecule has 0 bridgehead atoms. The van der Waals surface area contributed by atoms with Crippen LogP contribution < -0.4 is 0 Å². The molecule has 3 nitrogen and oxygen atoms in total. The van der Waals surface area contributed by atoms with Gasteiger partial charge in [-0.1, -0.05) is 19.3 Å². The summed E-state index contributed by atoms with van der Waals surface area (Å²) < 4.78 is 0. The lowest BCUT2D eigenvalue weighted by Crippen LogP contribution is -2.41. The van der Waals surface area contributed by atoms with Gasteiger partial charge in [-0.25, -0.2) is 4.98 Å². The first-order valence-electron chi connectivity index (χ1n) is 7.98. The standard InChI is InChI=1S/C16H28N2OS/c1-13(19)11-18(16-8-4-3-5-9-16)10-6-7-15-12-20-14(2)17-15/h12-13,16,19H,3-11H2,1-2H3. The van der Waals surface area contributed by atoms with E-state index in [0.717, 1.165) is 30.9 Å². The van der Waals surface area contributed by atoms with Crippen LogP contribution >= 0.6 is 11.3 Å². The molecule has 0 aromatic carbocycles. The summed E-state index contributed by atoms with van der Waals surface area (Å²) in [4.78, 5) is 7.05. The summed E-state index contributed by atoms with van der Waals surface area (Å²) in [5, 5.41) is 13.1. The SMILES string of the molecule is Cc1nc(CCCN(CC(C)O)C2CCCCC2)cs1. The molecule has 0 aliphatic heterocycles. The van der Waals surface area contributed by atoms with E-state index >= 15 is 0 Å². The fourth-order valence-corrected chi connectivity index (χ4v) is 3.84. The second-order valence-corrected chi connectivity index (χ2v) is 7.16. The van der Waals surface area contributed by atoms with Crippen LogP contribution in [0.4, 0.5) is 0 Å². The van der Waals surface area contributed by atoms with Crippen LogP contribution in [-0.2, 0) is 6.42 Å². The van der Waals surface area contributed by atoms with E-state index in [0.29, 0.717) is 6.04 Å². The van der Waals surface area contributed by atoms with Crippen molar-refractivity contribution in [3.63, 3.8) is 0 Å². The first kappa shape index (κ1) is 15.9. The van der Waals surface area contributed by atoms with Crippen LogP contribution in [0, 0.1) is 6.92 Å². The number of rotatable bonds is 7. The minimum atomic E-state index is -0.224. The summed E-state index contributed by atoms with van der Waals surface area (Å²) in [6.45, 7) is 5.88. The molecular formula is C16H28N2OS. The van der Waals surface area contributed by atoms with Gasteiger partial charge in [0.15, 0.2) is 0 Å². The van der Waals surface area contributed by atoms with Crippen LogP contribution in [0.1, 0.15) is 56.2 Å².